The van der Waals surface area contributed by atoms with Crippen molar-refractivity contribution in [3.8, 4) is 5.75 Å². The van der Waals surface area contributed by atoms with Crippen LogP contribution >= 0.6 is 0 Å². The van der Waals surface area contributed by atoms with E-state index in [4.69, 9.17) is 14.6 Å². The Morgan fingerprint density at radius 3 is 2.84 bits per heavy atom. The molecule has 1 amide bonds. The number of aliphatic hydroxyl groups excluding tert-OH is 1. The predicted molar refractivity (Wildman–Crippen MR) is 120 cm³/mol. The first-order valence-electron chi connectivity index (χ1n) is 10.5. The SMILES string of the molecule is C=CC[C@@]1(C(=O)NNCCc2cccc(F)c2)COC(c2ccc(OCCCO)cc2)=N1. The molecule has 1 aliphatic heterocycles. The predicted octanol–water partition coefficient (Wildman–Crippen LogP) is 2.54. The molecule has 0 saturated carbocycles. The van der Waals surface area contributed by atoms with Gasteiger partial charge >= 0.3 is 0 Å². The summed E-state index contributed by atoms with van der Waals surface area (Å²) in [5.41, 5.74) is 6.03. The average molecular weight is 442 g/mol. The van der Waals surface area contributed by atoms with Gasteiger partial charge in [0.25, 0.3) is 5.91 Å². The highest BCUT2D eigenvalue weighted by Crippen LogP contribution is 2.27. The summed E-state index contributed by atoms with van der Waals surface area (Å²) in [6.07, 6.45) is 3.08. The Morgan fingerprint density at radius 2 is 2.12 bits per heavy atom. The van der Waals surface area contributed by atoms with Crippen LogP contribution in [0, 0.1) is 5.82 Å². The van der Waals surface area contributed by atoms with Crippen LogP contribution in [0.4, 0.5) is 4.39 Å². The largest absolute Gasteiger partial charge is 0.494 e. The van der Waals surface area contributed by atoms with E-state index in [1.807, 2.05) is 18.2 Å². The first-order chi connectivity index (χ1) is 15.6. The Bertz CT molecular complexity index is 949. The third-order valence-corrected chi connectivity index (χ3v) is 4.97. The van der Waals surface area contributed by atoms with E-state index in [2.05, 4.69) is 22.4 Å². The molecule has 0 spiro atoms. The molecule has 170 valence electrons. The van der Waals surface area contributed by atoms with Crippen LogP contribution in [0.25, 0.3) is 0 Å². The van der Waals surface area contributed by atoms with E-state index in [0.717, 1.165) is 11.1 Å². The fourth-order valence-electron chi connectivity index (χ4n) is 3.25. The molecule has 0 aromatic heterocycles. The van der Waals surface area contributed by atoms with Gasteiger partial charge in [0.1, 0.15) is 18.2 Å². The maximum Gasteiger partial charge on any atom is 0.266 e. The van der Waals surface area contributed by atoms with Crippen LogP contribution in [-0.4, -0.2) is 48.8 Å². The Kier molecular flexibility index (Phi) is 8.35. The summed E-state index contributed by atoms with van der Waals surface area (Å²) in [6, 6.07) is 13.6. The van der Waals surface area contributed by atoms with Gasteiger partial charge in [-0.15, -0.1) is 6.58 Å². The number of hydrogen-bond donors (Lipinski definition) is 3. The van der Waals surface area contributed by atoms with Crippen molar-refractivity contribution in [2.45, 2.75) is 24.8 Å². The van der Waals surface area contributed by atoms with Crippen LogP contribution < -0.4 is 15.6 Å². The highest BCUT2D eigenvalue weighted by Gasteiger charge is 2.43. The quantitative estimate of drug-likeness (QED) is 0.268. The van der Waals surface area contributed by atoms with Crippen LogP contribution in [0.3, 0.4) is 0 Å². The van der Waals surface area contributed by atoms with Crippen LogP contribution in [-0.2, 0) is 16.0 Å². The first-order valence-corrected chi connectivity index (χ1v) is 10.5. The highest BCUT2D eigenvalue weighted by atomic mass is 19.1. The number of benzene rings is 2. The number of ether oxygens (including phenoxy) is 2. The molecule has 0 aliphatic carbocycles. The summed E-state index contributed by atoms with van der Waals surface area (Å²) in [4.78, 5) is 17.5. The van der Waals surface area contributed by atoms with Gasteiger partial charge in [-0.05, 0) is 48.4 Å². The summed E-state index contributed by atoms with van der Waals surface area (Å²) >= 11 is 0. The maximum atomic E-state index is 13.3. The number of nitrogens with one attached hydrogen (secondary N) is 2. The van der Waals surface area contributed by atoms with E-state index >= 15 is 0 Å². The first kappa shape index (κ1) is 23.4. The molecule has 7 nitrogen and oxygen atoms in total. The number of carbonyl (C=O) groups excluding carboxylic acids is 1. The molecule has 0 radical (unpaired) electrons. The maximum absolute atomic E-state index is 13.3. The molecule has 1 aliphatic rings. The van der Waals surface area contributed by atoms with Crippen LogP contribution in [0.15, 0.2) is 66.2 Å². The van der Waals surface area contributed by atoms with Gasteiger partial charge in [-0.25, -0.2) is 14.8 Å². The van der Waals surface area contributed by atoms with Crippen LogP contribution in [0.2, 0.25) is 0 Å². The number of hydrazine groups is 1. The lowest BCUT2D eigenvalue weighted by Gasteiger charge is -2.21. The summed E-state index contributed by atoms with van der Waals surface area (Å²) in [5.74, 6) is 0.448. The highest BCUT2D eigenvalue weighted by molar-refractivity contribution is 6.00. The smallest absolute Gasteiger partial charge is 0.266 e. The molecule has 3 N–H and O–H groups in total. The van der Waals surface area contributed by atoms with Gasteiger partial charge < -0.3 is 14.6 Å². The molecule has 3 rings (SSSR count). The number of hydrogen-bond acceptors (Lipinski definition) is 6. The van der Waals surface area contributed by atoms with Gasteiger partial charge in [0, 0.05) is 31.6 Å². The fraction of sp³-hybridized carbons (Fsp3) is 0.333. The van der Waals surface area contributed by atoms with Gasteiger partial charge in [0.05, 0.1) is 6.61 Å². The van der Waals surface area contributed by atoms with Crippen LogP contribution in [0.1, 0.15) is 24.0 Å². The summed E-state index contributed by atoms with van der Waals surface area (Å²) < 4.78 is 24.6. The molecular formula is C24H28FN3O4. The number of carbonyl (C=O) groups is 1. The van der Waals surface area contributed by atoms with Gasteiger partial charge in [-0.2, -0.15) is 0 Å². The standard InChI is InChI=1S/C24H28FN3O4/c1-2-12-24(23(30)28-26-13-11-18-5-3-6-20(25)16-18)17-32-22(27-24)19-7-9-21(10-8-19)31-15-4-14-29/h2-3,5-10,16,26,29H,1,4,11-15,17H2,(H,28,30)/t24-/m0/s1. The zero-order valence-electron chi connectivity index (χ0n) is 17.9. The Labute approximate surface area is 186 Å². The topological polar surface area (TPSA) is 92.2 Å². The van der Waals surface area contributed by atoms with Crippen molar-refractivity contribution >= 4 is 11.8 Å². The molecule has 0 unspecified atom stereocenters. The average Bonchev–Trinajstić information content (AvgIpc) is 3.23. The van der Waals surface area contributed by atoms with E-state index in [-0.39, 0.29) is 24.9 Å². The minimum absolute atomic E-state index is 0.0792. The zero-order valence-corrected chi connectivity index (χ0v) is 17.9. The van der Waals surface area contributed by atoms with Crippen LogP contribution in [0.5, 0.6) is 5.75 Å². The number of nitrogens with zero attached hydrogens (tertiary/aromatic N) is 1. The molecular weight excluding hydrogens is 413 g/mol. The lowest BCUT2D eigenvalue weighted by atomic mass is 9.97. The van der Waals surface area contributed by atoms with Crippen molar-refractivity contribution in [3.05, 3.63) is 78.1 Å². The van der Waals surface area contributed by atoms with Gasteiger partial charge in [0.15, 0.2) is 5.54 Å². The third-order valence-electron chi connectivity index (χ3n) is 4.97. The number of aliphatic hydroxyl groups is 1. The number of rotatable bonds is 12. The van der Waals surface area contributed by atoms with E-state index in [9.17, 15) is 9.18 Å². The van der Waals surface area contributed by atoms with Crippen molar-refractivity contribution in [2.75, 3.05) is 26.4 Å². The van der Waals surface area contributed by atoms with E-state index in [1.54, 1.807) is 24.3 Å². The molecule has 0 bridgehead atoms. The molecule has 0 saturated heterocycles. The monoisotopic (exact) mass is 441 g/mol. The van der Waals surface area contributed by atoms with E-state index < -0.39 is 5.54 Å². The molecule has 2 aromatic carbocycles. The molecule has 2 aromatic rings. The Balaban J connectivity index is 1.59. The molecule has 8 heteroatoms. The fourth-order valence-corrected chi connectivity index (χ4v) is 3.25. The molecule has 32 heavy (non-hydrogen) atoms. The molecule has 0 fully saturated rings. The van der Waals surface area contributed by atoms with Crippen molar-refractivity contribution in [3.63, 3.8) is 0 Å². The zero-order chi connectivity index (χ0) is 22.8. The van der Waals surface area contributed by atoms with Crippen molar-refractivity contribution < 1.29 is 23.8 Å². The number of halogens is 1. The summed E-state index contributed by atoms with van der Waals surface area (Å²) in [6.45, 7) is 4.79. The third kappa shape index (κ3) is 6.15. The summed E-state index contributed by atoms with van der Waals surface area (Å²) in [5, 5.41) is 8.83. The Hall–Kier alpha value is -3.23. The second kappa shape index (κ2) is 11.4. The van der Waals surface area contributed by atoms with Gasteiger partial charge in [0.2, 0.25) is 5.90 Å². The minimum Gasteiger partial charge on any atom is -0.494 e. The van der Waals surface area contributed by atoms with Crippen molar-refractivity contribution in [1.29, 1.82) is 0 Å². The van der Waals surface area contributed by atoms with Crippen molar-refractivity contribution in [1.82, 2.24) is 10.9 Å². The number of aliphatic imine (C=N–C) groups is 1. The second-order valence-electron chi connectivity index (χ2n) is 7.44. The lowest BCUT2D eigenvalue weighted by Crippen LogP contribution is -2.51. The number of amides is 1. The molecule has 1 heterocycles. The minimum atomic E-state index is -1.11. The molecule has 1 atom stereocenters. The van der Waals surface area contributed by atoms with Crippen molar-refractivity contribution in [2.24, 2.45) is 4.99 Å². The lowest BCUT2D eigenvalue weighted by molar-refractivity contribution is -0.127. The van der Waals surface area contributed by atoms with E-state index in [0.29, 0.717) is 44.1 Å². The normalized spacial score (nSPS) is 17.4. The second-order valence-corrected chi connectivity index (χ2v) is 7.44. The van der Waals surface area contributed by atoms with Gasteiger partial charge in [-0.1, -0.05) is 18.2 Å². The summed E-state index contributed by atoms with van der Waals surface area (Å²) in [7, 11) is 0. The van der Waals surface area contributed by atoms with Gasteiger partial charge in [-0.3, -0.25) is 10.2 Å². The Morgan fingerprint density at radius 1 is 1.31 bits per heavy atom. The van der Waals surface area contributed by atoms with E-state index in [1.165, 1.54) is 12.1 Å².